The van der Waals surface area contributed by atoms with Crippen LogP contribution in [-0.2, 0) is 4.79 Å². The summed E-state index contributed by atoms with van der Waals surface area (Å²) in [6.45, 7) is 3.05. The van der Waals surface area contributed by atoms with Gasteiger partial charge in [0.2, 0.25) is 5.91 Å². The first-order valence-electron chi connectivity index (χ1n) is 9.75. The maximum absolute atomic E-state index is 12.4. The molecule has 28 heavy (non-hydrogen) atoms. The van der Waals surface area contributed by atoms with Crippen LogP contribution in [0.25, 0.3) is 22.3 Å². The van der Waals surface area contributed by atoms with Gasteiger partial charge in [-0.2, -0.15) is 0 Å². The summed E-state index contributed by atoms with van der Waals surface area (Å²) < 4.78 is 0. The van der Waals surface area contributed by atoms with E-state index in [2.05, 4.69) is 4.90 Å². The van der Waals surface area contributed by atoms with E-state index < -0.39 is 0 Å². The number of anilines is 1. The highest BCUT2D eigenvalue weighted by Gasteiger charge is 2.35. The molecule has 3 aromatic rings. The van der Waals surface area contributed by atoms with Crippen LogP contribution in [0.1, 0.15) is 12.8 Å². The molecule has 0 bridgehead atoms. The van der Waals surface area contributed by atoms with Crippen LogP contribution in [0.3, 0.4) is 0 Å². The van der Waals surface area contributed by atoms with Crippen molar-refractivity contribution in [3.63, 3.8) is 0 Å². The van der Waals surface area contributed by atoms with Crippen LogP contribution in [0.2, 0.25) is 5.02 Å². The molecule has 5 nitrogen and oxygen atoms in total. The second kappa shape index (κ2) is 7.06. The van der Waals surface area contributed by atoms with E-state index in [0.29, 0.717) is 16.8 Å². The second-order valence-corrected chi connectivity index (χ2v) is 7.92. The first-order chi connectivity index (χ1) is 13.7. The summed E-state index contributed by atoms with van der Waals surface area (Å²) in [4.78, 5) is 26.3. The molecule has 2 aliphatic rings. The van der Waals surface area contributed by atoms with Crippen molar-refractivity contribution in [1.29, 1.82) is 0 Å². The third-order valence-electron chi connectivity index (χ3n) is 5.49. The van der Waals surface area contributed by atoms with E-state index in [1.54, 1.807) is 0 Å². The van der Waals surface area contributed by atoms with Gasteiger partial charge in [-0.3, -0.25) is 4.79 Å². The Bertz CT molecular complexity index is 1030. The number of carbonyl (C=O) groups excluding carboxylic acids is 1. The van der Waals surface area contributed by atoms with Gasteiger partial charge in [0, 0.05) is 48.1 Å². The first-order valence-corrected chi connectivity index (χ1v) is 10.1. The lowest BCUT2D eigenvalue weighted by Crippen LogP contribution is -2.49. The van der Waals surface area contributed by atoms with E-state index in [1.807, 2.05) is 53.4 Å². The third kappa shape index (κ3) is 3.31. The van der Waals surface area contributed by atoms with Crippen molar-refractivity contribution in [2.45, 2.75) is 12.8 Å². The Morgan fingerprint density at radius 2 is 1.71 bits per heavy atom. The van der Waals surface area contributed by atoms with Gasteiger partial charge in [-0.1, -0.05) is 41.9 Å². The van der Waals surface area contributed by atoms with Gasteiger partial charge in [-0.25, -0.2) is 9.97 Å². The van der Waals surface area contributed by atoms with Gasteiger partial charge < -0.3 is 9.80 Å². The predicted octanol–water partition coefficient (Wildman–Crippen LogP) is 4.01. The summed E-state index contributed by atoms with van der Waals surface area (Å²) in [6, 6.07) is 15.8. The monoisotopic (exact) mass is 392 g/mol. The molecule has 0 atom stereocenters. The molecule has 142 valence electrons. The van der Waals surface area contributed by atoms with Crippen LogP contribution in [0.4, 0.5) is 5.82 Å². The zero-order valence-electron chi connectivity index (χ0n) is 15.5. The fourth-order valence-corrected chi connectivity index (χ4v) is 3.94. The van der Waals surface area contributed by atoms with Gasteiger partial charge in [-0.15, -0.1) is 0 Å². The van der Waals surface area contributed by atoms with Crippen molar-refractivity contribution < 1.29 is 4.79 Å². The molecular weight excluding hydrogens is 372 g/mol. The first kappa shape index (κ1) is 17.4. The molecule has 1 amide bonds. The lowest BCUT2D eigenvalue weighted by molar-refractivity contribution is -0.132. The Morgan fingerprint density at radius 1 is 0.964 bits per heavy atom. The van der Waals surface area contributed by atoms with Crippen molar-refractivity contribution in [3.05, 3.63) is 53.6 Å². The maximum Gasteiger partial charge on any atom is 0.225 e. The quantitative estimate of drug-likeness (QED) is 0.675. The highest BCUT2D eigenvalue weighted by atomic mass is 35.5. The fourth-order valence-electron chi connectivity index (χ4n) is 3.77. The van der Waals surface area contributed by atoms with Crippen molar-refractivity contribution in [2.24, 2.45) is 5.92 Å². The molecule has 1 aliphatic heterocycles. The minimum Gasteiger partial charge on any atom is -0.352 e. The van der Waals surface area contributed by atoms with Crippen LogP contribution >= 0.6 is 11.6 Å². The number of amides is 1. The largest absolute Gasteiger partial charge is 0.352 e. The number of carbonyl (C=O) groups is 1. The smallest absolute Gasteiger partial charge is 0.225 e. The van der Waals surface area contributed by atoms with E-state index in [4.69, 9.17) is 21.6 Å². The van der Waals surface area contributed by atoms with Gasteiger partial charge in [0.15, 0.2) is 5.82 Å². The van der Waals surface area contributed by atoms with Crippen LogP contribution in [0.15, 0.2) is 48.5 Å². The summed E-state index contributed by atoms with van der Waals surface area (Å²) in [5.74, 6) is 2.21. The Labute approximate surface area is 169 Å². The zero-order chi connectivity index (χ0) is 19.1. The fraction of sp³-hybridized carbons (Fsp3) is 0.318. The Hall–Kier alpha value is -2.66. The van der Waals surface area contributed by atoms with Gasteiger partial charge in [0.1, 0.15) is 5.82 Å². The highest BCUT2D eigenvalue weighted by molar-refractivity contribution is 6.31. The molecule has 6 heteroatoms. The minimum absolute atomic E-state index is 0.276. The number of rotatable bonds is 3. The summed E-state index contributed by atoms with van der Waals surface area (Å²) in [5.41, 5.74) is 1.82. The van der Waals surface area contributed by atoms with E-state index in [-0.39, 0.29) is 5.92 Å². The van der Waals surface area contributed by atoms with E-state index in [0.717, 1.165) is 61.3 Å². The summed E-state index contributed by atoms with van der Waals surface area (Å²) in [6.07, 6.45) is 2.10. The van der Waals surface area contributed by atoms with Crippen LogP contribution in [-0.4, -0.2) is 47.0 Å². The van der Waals surface area contributed by atoms with E-state index >= 15 is 0 Å². The van der Waals surface area contributed by atoms with Gasteiger partial charge in [-0.05, 0) is 31.0 Å². The molecule has 5 rings (SSSR count). The molecule has 2 fully saturated rings. The average Bonchev–Trinajstić information content (AvgIpc) is 3.58. The molecule has 0 spiro atoms. The standard InChI is InChI=1S/C22H21ClN4O/c23-17-8-9-18-19(14-17)24-20(15-4-2-1-3-5-15)25-21(18)26-10-12-27(13-11-26)22(28)16-6-7-16/h1-5,8-9,14,16H,6-7,10-13H2. The molecule has 1 saturated carbocycles. The van der Waals surface area contributed by atoms with Gasteiger partial charge in [0.05, 0.1) is 5.52 Å². The van der Waals surface area contributed by atoms with E-state index in [9.17, 15) is 4.79 Å². The minimum atomic E-state index is 0.276. The Kier molecular flexibility index (Phi) is 4.40. The van der Waals surface area contributed by atoms with Crippen molar-refractivity contribution >= 4 is 34.2 Å². The number of nitrogens with zero attached hydrogens (tertiary/aromatic N) is 4. The summed E-state index contributed by atoms with van der Waals surface area (Å²) >= 11 is 6.23. The number of piperazine rings is 1. The number of aromatic nitrogens is 2. The Morgan fingerprint density at radius 3 is 2.43 bits per heavy atom. The van der Waals surface area contributed by atoms with Crippen molar-refractivity contribution in [3.8, 4) is 11.4 Å². The molecular formula is C22H21ClN4O. The normalized spacial score (nSPS) is 17.2. The van der Waals surface area contributed by atoms with Crippen molar-refractivity contribution in [1.82, 2.24) is 14.9 Å². The number of halogens is 1. The number of hydrogen-bond donors (Lipinski definition) is 0. The molecule has 1 aliphatic carbocycles. The van der Waals surface area contributed by atoms with Crippen LogP contribution in [0.5, 0.6) is 0 Å². The summed E-state index contributed by atoms with van der Waals surface area (Å²) in [5, 5.41) is 1.65. The lowest BCUT2D eigenvalue weighted by atomic mass is 10.1. The lowest BCUT2D eigenvalue weighted by Gasteiger charge is -2.36. The Balaban J connectivity index is 1.50. The molecule has 2 heterocycles. The molecule has 0 radical (unpaired) electrons. The highest BCUT2D eigenvalue weighted by Crippen LogP contribution is 2.33. The molecule has 0 unspecified atom stereocenters. The molecule has 1 aromatic heterocycles. The number of benzene rings is 2. The molecule has 1 saturated heterocycles. The average molecular weight is 393 g/mol. The number of fused-ring (bicyclic) bond motifs is 1. The van der Waals surface area contributed by atoms with Gasteiger partial charge in [0.25, 0.3) is 0 Å². The third-order valence-corrected chi connectivity index (χ3v) is 5.72. The summed E-state index contributed by atoms with van der Waals surface area (Å²) in [7, 11) is 0. The van der Waals surface area contributed by atoms with Crippen molar-refractivity contribution in [2.75, 3.05) is 31.1 Å². The predicted molar refractivity (Wildman–Crippen MR) is 112 cm³/mol. The van der Waals surface area contributed by atoms with Crippen LogP contribution < -0.4 is 4.90 Å². The zero-order valence-corrected chi connectivity index (χ0v) is 16.3. The van der Waals surface area contributed by atoms with E-state index in [1.165, 1.54) is 0 Å². The topological polar surface area (TPSA) is 49.3 Å². The molecule has 0 N–H and O–H groups in total. The van der Waals surface area contributed by atoms with Gasteiger partial charge >= 0.3 is 0 Å². The maximum atomic E-state index is 12.4. The number of hydrogen-bond acceptors (Lipinski definition) is 4. The van der Waals surface area contributed by atoms with Crippen LogP contribution in [0, 0.1) is 5.92 Å². The SMILES string of the molecule is O=C(C1CC1)N1CCN(c2nc(-c3ccccc3)nc3cc(Cl)ccc23)CC1. The second-order valence-electron chi connectivity index (χ2n) is 7.48. The molecule has 2 aromatic carbocycles.